The molecule has 0 radical (unpaired) electrons. The third-order valence-corrected chi connectivity index (χ3v) is 6.54. The van der Waals surface area contributed by atoms with Gasteiger partial charge >= 0.3 is 0 Å². The second kappa shape index (κ2) is 9.78. The zero-order valence-corrected chi connectivity index (χ0v) is 21.7. The van der Waals surface area contributed by atoms with Crippen molar-refractivity contribution in [3.63, 3.8) is 0 Å². The van der Waals surface area contributed by atoms with Gasteiger partial charge in [0.25, 0.3) is 5.91 Å². The molecule has 3 heterocycles. The Bertz CT molecular complexity index is 1530. The van der Waals surface area contributed by atoms with Crippen molar-refractivity contribution in [2.45, 2.75) is 77.3 Å². The average molecular weight is 530 g/mol. The van der Waals surface area contributed by atoms with Crippen LogP contribution in [0.2, 0.25) is 0 Å². The molecule has 0 aromatic heterocycles. The molecule has 2 saturated heterocycles. The lowest BCUT2D eigenvalue weighted by molar-refractivity contribution is -0.182. The molecule has 2 aromatic rings. The van der Waals surface area contributed by atoms with E-state index < -0.39 is 66.6 Å². The average Bonchev–Trinajstić information content (AvgIpc) is 3.19. The predicted octanol–water partition coefficient (Wildman–Crippen LogP) is 3.56. The Hall–Kier alpha value is -3.30. The molecular formula is C29H34FN3O5. The third-order valence-electron chi connectivity index (χ3n) is 6.54. The fraction of sp³-hybridized carbons (Fsp3) is 0.483. The number of carbonyl (C=O) groups is 3. The highest BCUT2D eigenvalue weighted by molar-refractivity contribution is 6.05. The molecule has 0 aliphatic carbocycles. The Morgan fingerprint density at radius 1 is 1.16 bits per heavy atom. The Balaban J connectivity index is 1.41. The van der Waals surface area contributed by atoms with Gasteiger partial charge in [-0.1, -0.05) is 12.1 Å². The lowest BCUT2D eigenvalue weighted by Gasteiger charge is -2.47. The van der Waals surface area contributed by atoms with E-state index in [4.69, 9.17) is 17.7 Å². The van der Waals surface area contributed by atoms with Crippen LogP contribution in [0.5, 0.6) is 5.75 Å². The highest BCUT2D eigenvalue weighted by atomic mass is 19.1. The van der Waals surface area contributed by atoms with Crippen LogP contribution in [0.15, 0.2) is 36.4 Å². The summed E-state index contributed by atoms with van der Waals surface area (Å²) < 4.78 is 76.7. The summed E-state index contributed by atoms with van der Waals surface area (Å²) in [5, 5.41) is 1.79. The van der Waals surface area contributed by atoms with Crippen molar-refractivity contribution in [3.8, 4) is 5.75 Å². The molecule has 0 spiro atoms. The van der Waals surface area contributed by atoms with Gasteiger partial charge in [0, 0.05) is 48.2 Å². The Morgan fingerprint density at radius 3 is 2.63 bits per heavy atom. The Labute approximate surface area is 230 Å². The van der Waals surface area contributed by atoms with Crippen LogP contribution in [0.25, 0.3) is 0 Å². The highest BCUT2D eigenvalue weighted by Gasteiger charge is 2.40. The fourth-order valence-corrected chi connectivity index (χ4v) is 5.43. The minimum Gasteiger partial charge on any atom is -0.488 e. The summed E-state index contributed by atoms with van der Waals surface area (Å²) in [5.41, 5.74) is -0.468. The molecular weight excluding hydrogens is 489 g/mol. The second-order valence-corrected chi connectivity index (χ2v) is 11.0. The summed E-state index contributed by atoms with van der Waals surface area (Å²) in [7, 11) is 0. The first-order valence-corrected chi connectivity index (χ1v) is 12.3. The fourth-order valence-electron chi connectivity index (χ4n) is 5.43. The van der Waals surface area contributed by atoms with Gasteiger partial charge in [-0.05, 0) is 63.9 Å². The number of imide groups is 1. The van der Waals surface area contributed by atoms with E-state index in [1.807, 2.05) is 27.7 Å². The summed E-state index contributed by atoms with van der Waals surface area (Å²) in [6.07, 6.45) is -6.19. The normalized spacial score (nSPS) is 28.2. The molecule has 1 atom stereocenters. The molecule has 3 amide bonds. The van der Waals surface area contributed by atoms with Crippen molar-refractivity contribution < 1.29 is 36.5 Å². The zero-order valence-electron chi connectivity index (χ0n) is 27.7. The smallest absolute Gasteiger partial charge is 0.255 e. The topological polar surface area (TPSA) is 88.2 Å². The van der Waals surface area contributed by atoms with Crippen molar-refractivity contribution in [3.05, 3.63) is 64.5 Å². The van der Waals surface area contributed by atoms with E-state index in [-0.39, 0.29) is 22.4 Å². The van der Waals surface area contributed by atoms with Crippen LogP contribution in [0.4, 0.5) is 4.39 Å². The highest BCUT2D eigenvalue weighted by Crippen LogP contribution is 2.34. The molecule has 3 aliphatic rings. The van der Waals surface area contributed by atoms with E-state index in [1.165, 1.54) is 30.3 Å². The van der Waals surface area contributed by atoms with Gasteiger partial charge in [0.15, 0.2) is 0 Å². The largest absolute Gasteiger partial charge is 0.488 e. The molecule has 5 rings (SSSR count). The van der Waals surface area contributed by atoms with Gasteiger partial charge in [0.1, 0.15) is 24.2 Å². The maximum atomic E-state index is 15.1. The zero-order chi connectivity index (χ0) is 32.6. The molecule has 38 heavy (non-hydrogen) atoms. The van der Waals surface area contributed by atoms with Crippen LogP contribution < -0.4 is 10.1 Å². The number of rotatable bonds is 6. The van der Waals surface area contributed by atoms with E-state index in [1.54, 1.807) is 11.4 Å². The summed E-state index contributed by atoms with van der Waals surface area (Å²) in [6.45, 7) is 6.42. The Morgan fingerprint density at radius 2 is 1.89 bits per heavy atom. The second-order valence-electron chi connectivity index (χ2n) is 11.0. The van der Waals surface area contributed by atoms with Gasteiger partial charge in [0.2, 0.25) is 11.8 Å². The van der Waals surface area contributed by atoms with Crippen molar-refractivity contribution in [1.29, 1.82) is 0 Å². The number of hydrogen-bond donors (Lipinski definition) is 1. The van der Waals surface area contributed by atoms with E-state index in [0.29, 0.717) is 25.2 Å². The molecule has 3 aliphatic heterocycles. The van der Waals surface area contributed by atoms with Crippen molar-refractivity contribution in [1.82, 2.24) is 15.1 Å². The van der Waals surface area contributed by atoms with E-state index in [9.17, 15) is 14.4 Å². The lowest BCUT2D eigenvalue weighted by Crippen LogP contribution is -2.56. The minimum absolute atomic E-state index is 0.0221. The number of morpholine rings is 1. The molecule has 2 fully saturated rings. The van der Waals surface area contributed by atoms with Gasteiger partial charge in [-0.25, -0.2) is 4.39 Å². The molecule has 1 N–H and O–H groups in total. The first kappa shape index (κ1) is 19.7. The van der Waals surface area contributed by atoms with Gasteiger partial charge in [-0.3, -0.25) is 24.6 Å². The van der Waals surface area contributed by atoms with Crippen molar-refractivity contribution in [2.75, 3.05) is 13.1 Å². The number of nitrogens with one attached hydrogen (secondary N) is 1. The van der Waals surface area contributed by atoms with Crippen LogP contribution >= 0.6 is 0 Å². The maximum absolute atomic E-state index is 15.1. The number of halogens is 1. The molecule has 9 heteroatoms. The van der Waals surface area contributed by atoms with Gasteiger partial charge in [0.05, 0.1) is 20.5 Å². The van der Waals surface area contributed by atoms with E-state index >= 15 is 4.39 Å². The first-order valence-electron chi connectivity index (χ1n) is 15.3. The standard InChI is InChI=1S/C29H34FN3O5/c1-28(2)16-32(17-29(3,4)38-28)13-18-8-9-22(30)19(12-18)15-37-24-7-5-6-20-21(24)14-33(27(20)36)23-10-11-25(34)31-26(23)35/h5-9,12,23H,10-11,13-17H2,1-4H3,(H,31,34,35)/i10D2,11D2,15D2. The van der Waals surface area contributed by atoms with Crippen LogP contribution in [-0.2, 0) is 34.0 Å². The summed E-state index contributed by atoms with van der Waals surface area (Å²) in [5.74, 6) is -4.44. The predicted molar refractivity (Wildman–Crippen MR) is 138 cm³/mol. The first-order chi connectivity index (χ1) is 20.2. The quantitative estimate of drug-likeness (QED) is 0.576. The van der Waals surface area contributed by atoms with Crippen LogP contribution in [0, 0.1) is 5.82 Å². The number of carbonyl (C=O) groups excluding carboxylic acids is 3. The monoisotopic (exact) mass is 529 g/mol. The van der Waals surface area contributed by atoms with Crippen molar-refractivity contribution in [2.24, 2.45) is 0 Å². The lowest BCUT2D eigenvalue weighted by atomic mass is 9.98. The number of benzene rings is 2. The van der Waals surface area contributed by atoms with Crippen LogP contribution in [0.3, 0.4) is 0 Å². The number of amides is 3. The number of nitrogens with zero attached hydrogens (tertiary/aromatic N) is 2. The Kier molecular flexibility index (Phi) is 5.08. The van der Waals surface area contributed by atoms with Gasteiger partial charge < -0.3 is 14.4 Å². The number of ether oxygens (including phenoxy) is 2. The summed E-state index contributed by atoms with van der Waals surface area (Å²) in [4.78, 5) is 41.0. The molecule has 202 valence electrons. The number of hydrogen-bond acceptors (Lipinski definition) is 6. The van der Waals surface area contributed by atoms with Gasteiger partial charge in [-0.15, -0.1) is 0 Å². The van der Waals surface area contributed by atoms with Gasteiger partial charge in [-0.2, -0.15) is 0 Å². The summed E-state index contributed by atoms with van der Waals surface area (Å²) >= 11 is 0. The van der Waals surface area contributed by atoms with E-state index in [2.05, 4.69) is 4.90 Å². The molecule has 2 aromatic carbocycles. The maximum Gasteiger partial charge on any atom is 0.255 e. The molecule has 0 bridgehead atoms. The third kappa shape index (κ3) is 5.44. The number of fused-ring (bicyclic) bond motifs is 1. The summed E-state index contributed by atoms with van der Waals surface area (Å²) in [6, 6.07) is 6.29. The number of piperidine rings is 1. The van der Waals surface area contributed by atoms with Crippen LogP contribution in [0.1, 0.15) is 75.7 Å². The van der Waals surface area contributed by atoms with E-state index in [0.717, 1.165) is 4.90 Å². The minimum atomic E-state index is -3.12. The SMILES string of the molecule is [2H]C([2H])(Oc1cccc2c1CN(C1C(=O)NC(=O)C([2H])([2H])C1([2H])[2H])C2=O)c1cc(CN2CC(C)(C)OC(C)(C)C2)ccc1F. The van der Waals surface area contributed by atoms with Crippen molar-refractivity contribution >= 4 is 17.7 Å². The molecule has 1 unspecified atom stereocenters. The molecule has 0 saturated carbocycles. The molecule has 8 nitrogen and oxygen atoms in total. The van der Waals surface area contributed by atoms with Crippen LogP contribution in [-0.4, -0.2) is 57.9 Å².